The maximum Gasteiger partial charge on any atom is 0.335 e. The summed E-state index contributed by atoms with van der Waals surface area (Å²) in [6, 6.07) is 8.31. The number of aromatic carboxylic acids is 1. The summed E-state index contributed by atoms with van der Waals surface area (Å²) >= 11 is 1.66. The molecule has 0 radical (unpaired) electrons. The van der Waals surface area contributed by atoms with Gasteiger partial charge >= 0.3 is 12.0 Å². The number of carbonyl (C=O) groups is 2. The number of hydrogen-bond acceptors (Lipinski definition) is 3. The summed E-state index contributed by atoms with van der Waals surface area (Å²) in [5.41, 5.74) is 1.52. The smallest absolute Gasteiger partial charge is 0.335 e. The van der Waals surface area contributed by atoms with Gasteiger partial charge in [-0.25, -0.2) is 9.59 Å². The molecule has 1 heterocycles. The highest BCUT2D eigenvalue weighted by atomic mass is 32.1. The Labute approximate surface area is 126 Å². The van der Waals surface area contributed by atoms with Crippen LogP contribution in [-0.2, 0) is 6.42 Å². The molecule has 2 amide bonds. The Morgan fingerprint density at radius 2 is 2.10 bits per heavy atom. The van der Waals surface area contributed by atoms with Gasteiger partial charge in [0.1, 0.15) is 0 Å². The fraction of sp³-hybridized carbons (Fsp3) is 0.200. The number of urea groups is 1. The molecule has 5 nitrogen and oxygen atoms in total. The maximum atomic E-state index is 11.8. The molecule has 2 aromatic rings. The van der Waals surface area contributed by atoms with Crippen LogP contribution in [0.1, 0.15) is 20.8 Å². The predicted molar refractivity (Wildman–Crippen MR) is 83.2 cm³/mol. The largest absolute Gasteiger partial charge is 0.478 e. The lowest BCUT2D eigenvalue weighted by molar-refractivity contribution is 0.0697. The highest BCUT2D eigenvalue weighted by Gasteiger charge is 2.08. The Bertz CT molecular complexity index is 638. The SMILES string of the molecule is Cc1cc(C(=O)O)ccc1NC(=O)NCCc1cccs1. The molecule has 0 spiro atoms. The van der Waals surface area contributed by atoms with E-state index in [2.05, 4.69) is 10.6 Å². The van der Waals surface area contributed by atoms with Crippen molar-refractivity contribution in [3.05, 3.63) is 51.7 Å². The number of nitrogens with one attached hydrogen (secondary N) is 2. The van der Waals surface area contributed by atoms with Gasteiger partial charge in [-0.3, -0.25) is 0 Å². The quantitative estimate of drug-likeness (QED) is 0.794. The molecule has 3 N–H and O–H groups in total. The van der Waals surface area contributed by atoms with E-state index in [-0.39, 0.29) is 11.6 Å². The van der Waals surface area contributed by atoms with E-state index < -0.39 is 5.97 Å². The molecule has 0 atom stereocenters. The lowest BCUT2D eigenvalue weighted by Crippen LogP contribution is -2.30. The molecule has 0 saturated heterocycles. The lowest BCUT2D eigenvalue weighted by Gasteiger charge is -2.10. The third-order valence-corrected chi connectivity index (χ3v) is 3.89. The van der Waals surface area contributed by atoms with Gasteiger partial charge in [-0.2, -0.15) is 0 Å². The Morgan fingerprint density at radius 3 is 2.71 bits per heavy atom. The van der Waals surface area contributed by atoms with Gasteiger partial charge in [0.15, 0.2) is 0 Å². The van der Waals surface area contributed by atoms with Crippen molar-refractivity contribution in [1.82, 2.24) is 5.32 Å². The standard InChI is InChI=1S/C15H16N2O3S/c1-10-9-11(14(18)19)4-5-13(10)17-15(20)16-7-6-12-3-2-8-21-12/h2-5,8-9H,6-7H2,1H3,(H,18,19)(H2,16,17,20). The monoisotopic (exact) mass is 304 g/mol. The van der Waals surface area contributed by atoms with Crippen molar-refractivity contribution >= 4 is 29.0 Å². The van der Waals surface area contributed by atoms with Gasteiger partial charge < -0.3 is 15.7 Å². The van der Waals surface area contributed by atoms with Crippen molar-refractivity contribution < 1.29 is 14.7 Å². The predicted octanol–water partition coefficient (Wildman–Crippen LogP) is 3.12. The van der Waals surface area contributed by atoms with E-state index in [1.54, 1.807) is 24.3 Å². The van der Waals surface area contributed by atoms with Crippen molar-refractivity contribution in [2.24, 2.45) is 0 Å². The number of carboxylic acids is 1. The molecular formula is C15H16N2O3S. The van der Waals surface area contributed by atoms with Crippen LogP contribution in [0.2, 0.25) is 0 Å². The highest BCUT2D eigenvalue weighted by Crippen LogP contribution is 2.16. The van der Waals surface area contributed by atoms with Crippen molar-refractivity contribution in [3.63, 3.8) is 0 Å². The Morgan fingerprint density at radius 1 is 1.29 bits per heavy atom. The first-order valence-corrected chi connectivity index (χ1v) is 7.35. The molecule has 0 aliphatic rings. The minimum atomic E-state index is -0.981. The van der Waals surface area contributed by atoms with Crippen LogP contribution < -0.4 is 10.6 Å². The zero-order valence-electron chi connectivity index (χ0n) is 11.6. The van der Waals surface area contributed by atoms with Gasteiger partial charge in [0.05, 0.1) is 5.56 Å². The molecule has 1 aromatic carbocycles. The summed E-state index contributed by atoms with van der Waals surface area (Å²) in [4.78, 5) is 23.8. The number of anilines is 1. The Hall–Kier alpha value is -2.34. The van der Waals surface area contributed by atoms with E-state index in [1.165, 1.54) is 17.0 Å². The van der Waals surface area contributed by atoms with Crippen LogP contribution in [0.5, 0.6) is 0 Å². The summed E-state index contributed by atoms with van der Waals surface area (Å²) in [7, 11) is 0. The Balaban J connectivity index is 1.86. The zero-order valence-corrected chi connectivity index (χ0v) is 12.4. The van der Waals surface area contributed by atoms with Crippen molar-refractivity contribution in [2.45, 2.75) is 13.3 Å². The third-order valence-electron chi connectivity index (χ3n) is 2.96. The summed E-state index contributed by atoms with van der Waals surface area (Å²) in [6.45, 7) is 2.31. The third kappa shape index (κ3) is 4.32. The number of amides is 2. The van der Waals surface area contributed by atoms with E-state index in [9.17, 15) is 9.59 Å². The van der Waals surface area contributed by atoms with Crippen LogP contribution in [0.15, 0.2) is 35.7 Å². The van der Waals surface area contributed by atoms with E-state index in [1.807, 2.05) is 17.5 Å². The van der Waals surface area contributed by atoms with Gasteiger partial charge in [0.25, 0.3) is 0 Å². The number of aryl methyl sites for hydroxylation is 1. The number of hydrogen-bond donors (Lipinski definition) is 3. The first-order chi connectivity index (χ1) is 10.1. The van der Waals surface area contributed by atoms with Crippen LogP contribution >= 0.6 is 11.3 Å². The van der Waals surface area contributed by atoms with Crippen molar-refractivity contribution in [2.75, 3.05) is 11.9 Å². The molecule has 110 valence electrons. The zero-order chi connectivity index (χ0) is 15.2. The van der Waals surface area contributed by atoms with Crippen molar-refractivity contribution in [3.8, 4) is 0 Å². The number of carboxylic acid groups (broad SMARTS) is 1. The molecule has 21 heavy (non-hydrogen) atoms. The number of carbonyl (C=O) groups excluding carboxylic acids is 1. The summed E-state index contributed by atoms with van der Waals surface area (Å²) in [5.74, 6) is -0.981. The van der Waals surface area contributed by atoms with E-state index in [0.29, 0.717) is 17.8 Å². The molecule has 0 saturated carbocycles. The van der Waals surface area contributed by atoms with Gasteiger partial charge in [0.2, 0.25) is 0 Å². The Kier molecular flexibility index (Phi) is 4.94. The van der Waals surface area contributed by atoms with Crippen LogP contribution in [0.3, 0.4) is 0 Å². The molecule has 6 heteroatoms. The molecule has 0 aliphatic heterocycles. The minimum absolute atomic E-state index is 0.205. The minimum Gasteiger partial charge on any atom is -0.478 e. The molecule has 2 rings (SSSR count). The summed E-state index contributed by atoms with van der Waals surface area (Å²) in [5, 5.41) is 16.4. The molecule has 0 unspecified atom stereocenters. The molecule has 0 bridgehead atoms. The topological polar surface area (TPSA) is 78.4 Å². The van der Waals surface area contributed by atoms with Gasteiger partial charge in [-0.15, -0.1) is 11.3 Å². The second kappa shape index (κ2) is 6.90. The highest BCUT2D eigenvalue weighted by molar-refractivity contribution is 7.09. The average molecular weight is 304 g/mol. The summed E-state index contributed by atoms with van der Waals surface area (Å²) < 4.78 is 0. The second-order valence-corrected chi connectivity index (χ2v) is 5.58. The van der Waals surface area contributed by atoms with Crippen LogP contribution in [0, 0.1) is 6.92 Å². The van der Waals surface area contributed by atoms with Crippen LogP contribution in [-0.4, -0.2) is 23.7 Å². The van der Waals surface area contributed by atoms with Gasteiger partial charge in [0, 0.05) is 17.1 Å². The second-order valence-electron chi connectivity index (χ2n) is 4.55. The van der Waals surface area contributed by atoms with E-state index >= 15 is 0 Å². The lowest BCUT2D eigenvalue weighted by atomic mass is 10.1. The van der Waals surface area contributed by atoms with Crippen LogP contribution in [0.25, 0.3) is 0 Å². The first kappa shape index (κ1) is 15.1. The fourth-order valence-electron chi connectivity index (χ4n) is 1.86. The molecule has 0 aliphatic carbocycles. The number of thiophene rings is 1. The maximum absolute atomic E-state index is 11.8. The number of benzene rings is 1. The van der Waals surface area contributed by atoms with Gasteiger partial charge in [-0.1, -0.05) is 6.07 Å². The van der Waals surface area contributed by atoms with Gasteiger partial charge in [-0.05, 0) is 48.6 Å². The van der Waals surface area contributed by atoms with Crippen molar-refractivity contribution in [1.29, 1.82) is 0 Å². The fourth-order valence-corrected chi connectivity index (χ4v) is 2.57. The first-order valence-electron chi connectivity index (χ1n) is 6.47. The molecular weight excluding hydrogens is 288 g/mol. The number of rotatable bonds is 5. The average Bonchev–Trinajstić information content (AvgIpc) is 2.94. The normalized spacial score (nSPS) is 10.1. The van der Waals surface area contributed by atoms with Crippen LogP contribution in [0.4, 0.5) is 10.5 Å². The molecule has 1 aromatic heterocycles. The van der Waals surface area contributed by atoms with E-state index in [4.69, 9.17) is 5.11 Å². The molecule has 0 fully saturated rings. The summed E-state index contributed by atoms with van der Waals surface area (Å²) in [6.07, 6.45) is 0.794. The van der Waals surface area contributed by atoms with E-state index in [0.717, 1.165) is 6.42 Å².